The Bertz CT molecular complexity index is 461. The van der Waals surface area contributed by atoms with E-state index in [9.17, 15) is 8.78 Å². The zero-order chi connectivity index (χ0) is 13.9. The zero-order valence-electron chi connectivity index (χ0n) is 12.6. The van der Waals surface area contributed by atoms with Gasteiger partial charge in [0.1, 0.15) is 11.6 Å². The van der Waals surface area contributed by atoms with Crippen LogP contribution in [0.4, 0.5) is 8.78 Å². The first-order valence-corrected chi connectivity index (χ1v) is 7.65. The van der Waals surface area contributed by atoms with Crippen LogP contribution < -0.4 is 5.32 Å². The Kier molecular flexibility index (Phi) is 8.04. The van der Waals surface area contributed by atoms with E-state index in [4.69, 9.17) is 0 Å². The van der Waals surface area contributed by atoms with Gasteiger partial charge in [-0.3, -0.25) is 4.90 Å². The van der Waals surface area contributed by atoms with Gasteiger partial charge >= 0.3 is 0 Å². The van der Waals surface area contributed by atoms with Crippen molar-refractivity contribution in [2.75, 3.05) is 26.2 Å². The average molecular weight is 353 g/mol. The molecule has 1 atom stereocenters. The Labute approximate surface area is 143 Å². The molecule has 2 aliphatic rings. The van der Waals surface area contributed by atoms with Crippen LogP contribution in [0.3, 0.4) is 0 Å². The summed E-state index contributed by atoms with van der Waals surface area (Å²) >= 11 is 0. The minimum Gasteiger partial charge on any atom is -0.314 e. The van der Waals surface area contributed by atoms with Crippen LogP contribution in [0.2, 0.25) is 0 Å². The molecule has 1 aliphatic carbocycles. The molecular formula is C16H24Cl2F2N2. The lowest BCUT2D eigenvalue weighted by atomic mass is 9.89. The fraction of sp³-hybridized carbons (Fsp3) is 0.625. The number of hydrogen-bond donors (Lipinski definition) is 1. The summed E-state index contributed by atoms with van der Waals surface area (Å²) < 4.78 is 27.4. The van der Waals surface area contributed by atoms with E-state index in [1.165, 1.54) is 18.9 Å². The molecule has 1 aromatic rings. The summed E-state index contributed by atoms with van der Waals surface area (Å²) in [6.07, 6.45) is 4.78. The third-order valence-corrected chi connectivity index (χ3v) is 4.67. The molecule has 2 fully saturated rings. The highest BCUT2D eigenvalue weighted by Gasteiger charge is 2.33. The third kappa shape index (κ3) is 4.31. The SMILES string of the molecule is Cl.Cl.Fc1ccc([C@@H](C2CCCC2)N2CCNCC2)c(F)c1. The Morgan fingerprint density at radius 2 is 1.68 bits per heavy atom. The fourth-order valence-electron chi connectivity index (χ4n) is 3.72. The Balaban J connectivity index is 0.00000121. The first kappa shape index (κ1) is 19.6. The number of benzene rings is 1. The predicted molar refractivity (Wildman–Crippen MR) is 90.0 cm³/mol. The highest BCUT2D eigenvalue weighted by Crippen LogP contribution is 2.40. The second kappa shape index (κ2) is 9.02. The van der Waals surface area contributed by atoms with E-state index in [0.29, 0.717) is 11.5 Å². The van der Waals surface area contributed by atoms with E-state index >= 15 is 0 Å². The van der Waals surface area contributed by atoms with Gasteiger partial charge in [0, 0.05) is 43.9 Å². The summed E-state index contributed by atoms with van der Waals surface area (Å²) in [4.78, 5) is 2.38. The van der Waals surface area contributed by atoms with E-state index in [1.807, 2.05) is 0 Å². The van der Waals surface area contributed by atoms with Crippen molar-refractivity contribution in [3.05, 3.63) is 35.4 Å². The fourth-order valence-corrected chi connectivity index (χ4v) is 3.72. The standard InChI is InChI=1S/C16H22F2N2.2ClH/c17-13-5-6-14(15(18)11-13)16(12-3-1-2-4-12)20-9-7-19-8-10-20;;/h5-6,11-12,16,19H,1-4,7-10H2;2*1H/t16-;;/m1../s1. The van der Waals surface area contributed by atoms with Gasteiger partial charge in [-0.15, -0.1) is 24.8 Å². The quantitative estimate of drug-likeness (QED) is 0.885. The molecule has 1 saturated carbocycles. The molecular weight excluding hydrogens is 329 g/mol. The number of piperazine rings is 1. The zero-order valence-corrected chi connectivity index (χ0v) is 14.2. The topological polar surface area (TPSA) is 15.3 Å². The predicted octanol–water partition coefficient (Wildman–Crippen LogP) is 3.94. The molecule has 126 valence electrons. The van der Waals surface area contributed by atoms with Crippen molar-refractivity contribution in [2.45, 2.75) is 31.7 Å². The molecule has 3 rings (SSSR count). The molecule has 0 bridgehead atoms. The van der Waals surface area contributed by atoms with Crippen molar-refractivity contribution >= 4 is 24.8 Å². The normalized spacial score (nSPS) is 21.0. The molecule has 1 aliphatic heterocycles. The monoisotopic (exact) mass is 352 g/mol. The first-order chi connectivity index (χ1) is 9.75. The lowest BCUT2D eigenvalue weighted by Gasteiger charge is -2.38. The van der Waals surface area contributed by atoms with Crippen molar-refractivity contribution in [3.63, 3.8) is 0 Å². The second-order valence-corrected chi connectivity index (χ2v) is 5.94. The molecule has 6 heteroatoms. The first-order valence-electron chi connectivity index (χ1n) is 7.65. The van der Waals surface area contributed by atoms with Gasteiger partial charge in [-0.25, -0.2) is 8.78 Å². The number of halogens is 4. The van der Waals surface area contributed by atoms with E-state index in [0.717, 1.165) is 45.1 Å². The molecule has 22 heavy (non-hydrogen) atoms. The van der Waals surface area contributed by atoms with Crippen LogP contribution in [-0.2, 0) is 0 Å². The van der Waals surface area contributed by atoms with Gasteiger partial charge in [-0.1, -0.05) is 18.9 Å². The van der Waals surface area contributed by atoms with Crippen LogP contribution in [0, 0.1) is 17.6 Å². The van der Waals surface area contributed by atoms with Gasteiger partial charge < -0.3 is 5.32 Å². The number of hydrogen-bond acceptors (Lipinski definition) is 2. The Morgan fingerprint density at radius 3 is 2.27 bits per heavy atom. The summed E-state index contributed by atoms with van der Waals surface area (Å²) in [5.41, 5.74) is 0.681. The van der Waals surface area contributed by atoms with Crippen LogP contribution in [0.25, 0.3) is 0 Å². The van der Waals surface area contributed by atoms with Gasteiger partial charge in [-0.2, -0.15) is 0 Å². The van der Waals surface area contributed by atoms with E-state index in [2.05, 4.69) is 10.2 Å². The summed E-state index contributed by atoms with van der Waals surface area (Å²) in [6.45, 7) is 3.79. The average Bonchev–Trinajstić information content (AvgIpc) is 2.97. The van der Waals surface area contributed by atoms with Crippen LogP contribution >= 0.6 is 24.8 Å². The highest BCUT2D eigenvalue weighted by molar-refractivity contribution is 5.85. The summed E-state index contributed by atoms with van der Waals surface area (Å²) in [6, 6.07) is 4.18. The third-order valence-electron chi connectivity index (χ3n) is 4.67. The Hall–Kier alpha value is -0.420. The van der Waals surface area contributed by atoms with Gasteiger partial charge in [-0.05, 0) is 24.8 Å². The van der Waals surface area contributed by atoms with Crippen LogP contribution in [-0.4, -0.2) is 31.1 Å². The number of nitrogens with zero attached hydrogens (tertiary/aromatic N) is 1. The minimum atomic E-state index is -0.489. The molecule has 0 radical (unpaired) electrons. The smallest absolute Gasteiger partial charge is 0.130 e. The van der Waals surface area contributed by atoms with E-state index in [-0.39, 0.29) is 36.7 Å². The lowest BCUT2D eigenvalue weighted by Crippen LogP contribution is -2.46. The number of nitrogens with one attached hydrogen (secondary N) is 1. The van der Waals surface area contributed by atoms with Gasteiger partial charge in [0.25, 0.3) is 0 Å². The molecule has 0 spiro atoms. The number of rotatable bonds is 3. The molecule has 0 unspecified atom stereocenters. The lowest BCUT2D eigenvalue weighted by molar-refractivity contribution is 0.122. The van der Waals surface area contributed by atoms with Gasteiger partial charge in [0.05, 0.1) is 0 Å². The summed E-state index contributed by atoms with van der Waals surface area (Å²) in [5.74, 6) is -0.370. The van der Waals surface area contributed by atoms with Crippen molar-refractivity contribution in [1.29, 1.82) is 0 Å². The molecule has 1 saturated heterocycles. The van der Waals surface area contributed by atoms with Crippen LogP contribution in [0.1, 0.15) is 37.3 Å². The van der Waals surface area contributed by atoms with Crippen LogP contribution in [0.15, 0.2) is 18.2 Å². The van der Waals surface area contributed by atoms with Crippen LogP contribution in [0.5, 0.6) is 0 Å². The molecule has 1 heterocycles. The molecule has 0 aromatic heterocycles. The van der Waals surface area contributed by atoms with E-state index < -0.39 is 5.82 Å². The minimum absolute atomic E-state index is 0. The molecule has 0 amide bonds. The van der Waals surface area contributed by atoms with Crippen molar-refractivity contribution in [1.82, 2.24) is 10.2 Å². The highest BCUT2D eigenvalue weighted by atomic mass is 35.5. The largest absolute Gasteiger partial charge is 0.314 e. The molecule has 1 N–H and O–H groups in total. The molecule has 1 aromatic carbocycles. The van der Waals surface area contributed by atoms with Gasteiger partial charge in [0.2, 0.25) is 0 Å². The van der Waals surface area contributed by atoms with Crippen molar-refractivity contribution < 1.29 is 8.78 Å². The second-order valence-electron chi connectivity index (χ2n) is 5.94. The summed E-state index contributed by atoms with van der Waals surface area (Å²) in [7, 11) is 0. The maximum atomic E-state index is 14.2. The van der Waals surface area contributed by atoms with Crippen molar-refractivity contribution in [3.8, 4) is 0 Å². The molecule has 2 nitrogen and oxygen atoms in total. The maximum Gasteiger partial charge on any atom is 0.130 e. The van der Waals surface area contributed by atoms with Crippen molar-refractivity contribution in [2.24, 2.45) is 5.92 Å². The Morgan fingerprint density at radius 1 is 1.05 bits per heavy atom. The van der Waals surface area contributed by atoms with Gasteiger partial charge in [0.15, 0.2) is 0 Å². The maximum absolute atomic E-state index is 14.2. The van der Waals surface area contributed by atoms with E-state index in [1.54, 1.807) is 6.07 Å². The summed E-state index contributed by atoms with van der Waals surface area (Å²) in [5, 5.41) is 3.34.